The van der Waals surface area contributed by atoms with Crippen LogP contribution < -0.4 is 10.6 Å². The van der Waals surface area contributed by atoms with E-state index in [9.17, 15) is 0 Å². The zero-order valence-electron chi connectivity index (χ0n) is 11.4. The number of hydrogen-bond donors (Lipinski definition) is 1. The fourth-order valence-corrected chi connectivity index (χ4v) is 3.84. The van der Waals surface area contributed by atoms with Gasteiger partial charge >= 0.3 is 0 Å². The summed E-state index contributed by atoms with van der Waals surface area (Å²) in [5, 5.41) is 2.19. The van der Waals surface area contributed by atoms with Crippen molar-refractivity contribution in [1.29, 1.82) is 0 Å². The summed E-state index contributed by atoms with van der Waals surface area (Å²) in [6, 6.07) is 4.67. The van der Waals surface area contributed by atoms with Gasteiger partial charge in [0.2, 0.25) is 0 Å². The van der Waals surface area contributed by atoms with E-state index in [0.29, 0.717) is 12.6 Å². The molecule has 0 aromatic carbocycles. The minimum atomic E-state index is 0.384. The van der Waals surface area contributed by atoms with Crippen LogP contribution in [-0.4, -0.2) is 11.5 Å². The highest BCUT2D eigenvalue weighted by Crippen LogP contribution is 2.36. The van der Waals surface area contributed by atoms with Crippen LogP contribution in [0.1, 0.15) is 34.5 Å². The summed E-state index contributed by atoms with van der Waals surface area (Å²) in [5.74, 6) is 1.06. The summed E-state index contributed by atoms with van der Waals surface area (Å²) in [7, 11) is 0. The van der Waals surface area contributed by atoms with E-state index in [2.05, 4.69) is 35.2 Å². The summed E-state index contributed by atoms with van der Waals surface area (Å²) >= 11 is 1.87. The first-order chi connectivity index (χ1) is 9.22. The molecule has 1 aliphatic rings. The average molecular weight is 273 g/mol. The van der Waals surface area contributed by atoms with Gasteiger partial charge in [-0.1, -0.05) is 0 Å². The fourth-order valence-electron chi connectivity index (χ4n) is 2.87. The van der Waals surface area contributed by atoms with Gasteiger partial charge < -0.3 is 10.6 Å². The summed E-state index contributed by atoms with van der Waals surface area (Å²) < 4.78 is 0. The topological polar surface area (TPSA) is 42.2 Å². The lowest BCUT2D eigenvalue weighted by molar-refractivity contribution is 0.621. The summed E-state index contributed by atoms with van der Waals surface area (Å²) in [4.78, 5) is 8.50. The molecule has 2 N–H and O–H groups in total. The lowest BCUT2D eigenvalue weighted by Gasteiger charge is -2.36. The number of thiophene rings is 1. The van der Waals surface area contributed by atoms with Crippen LogP contribution in [0.3, 0.4) is 0 Å². The highest BCUT2D eigenvalue weighted by atomic mass is 32.1. The number of nitrogens with zero attached hydrogens (tertiary/aromatic N) is 2. The van der Waals surface area contributed by atoms with Crippen LogP contribution in [0.15, 0.2) is 23.7 Å². The van der Waals surface area contributed by atoms with E-state index in [1.807, 2.05) is 23.6 Å². The molecule has 2 aromatic heterocycles. The van der Waals surface area contributed by atoms with E-state index < -0.39 is 0 Å². The quantitative estimate of drug-likeness (QED) is 0.914. The number of anilines is 1. The van der Waals surface area contributed by atoms with Crippen molar-refractivity contribution < 1.29 is 0 Å². The molecule has 0 bridgehead atoms. The predicted molar refractivity (Wildman–Crippen MR) is 80.6 cm³/mol. The minimum absolute atomic E-state index is 0.384. The Morgan fingerprint density at radius 2 is 2.32 bits per heavy atom. The predicted octanol–water partition coefficient (Wildman–Crippen LogP) is 3.03. The van der Waals surface area contributed by atoms with E-state index in [4.69, 9.17) is 5.73 Å². The molecule has 3 rings (SSSR count). The fraction of sp³-hybridized carbons (Fsp3) is 0.400. The Bertz CT molecular complexity index is 591. The van der Waals surface area contributed by atoms with Gasteiger partial charge in [-0.2, -0.15) is 0 Å². The number of nitrogens with two attached hydrogens (primary N) is 1. The molecule has 0 saturated carbocycles. The Morgan fingerprint density at radius 1 is 1.47 bits per heavy atom. The van der Waals surface area contributed by atoms with Gasteiger partial charge in [0, 0.05) is 29.7 Å². The molecule has 3 heterocycles. The second-order valence-corrected chi connectivity index (χ2v) is 6.05. The molecule has 0 radical (unpaired) electrons. The maximum absolute atomic E-state index is 5.91. The van der Waals surface area contributed by atoms with Crippen molar-refractivity contribution in [2.45, 2.75) is 32.9 Å². The molecule has 0 spiro atoms. The lowest BCUT2D eigenvalue weighted by atomic mass is 10.00. The molecule has 100 valence electrons. The molecule has 19 heavy (non-hydrogen) atoms. The van der Waals surface area contributed by atoms with Gasteiger partial charge in [-0.3, -0.25) is 0 Å². The van der Waals surface area contributed by atoms with E-state index in [1.165, 1.54) is 21.6 Å². The molecule has 0 aliphatic carbocycles. The van der Waals surface area contributed by atoms with Gasteiger partial charge in [-0.15, -0.1) is 11.3 Å². The van der Waals surface area contributed by atoms with Gasteiger partial charge in [0.05, 0.1) is 6.04 Å². The van der Waals surface area contributed by atoms with Crippen LogP contribution in [-0.2, 0) is 13.0 Å². The van der Waals surface area contributed by atoms with Gasteiger partial charge in [0.25, 0.3) is 0 Å². The SMILES string of the molecule is Cc1ccnc(N2CCc3sccc3C2C)c1CN. The Morgan fingerprint density at radius 3 is 3.11 bits per heavy atom. The summed E-state index contributed by atoms with van der Waals surface area (Å²) in [6.07, 6.45) is 3.00. The summed E-state index contributed by atoms with van der Waals surface area (Å²) in [6.45, 7) is 5.94. The van der Waals surface area contributed by atoms with E-state index >= 15 is 0 Å². The van der Waals surface area contributed by atoms with Crippen LogP contribution in [0, 0.1) is 6.92 Å². The molecule has 0 amide bonds. The number of aromatic nitrogens is 1. The zero-order valence-corrected chi connectivity index (χ0v) is 12.2. The van der Waals surface area contributed by atoms with Crippen molar-refractivity contribution >= 4 is 17.2 Å². The van der Waals surface area contributed by atoms with Crippen molar-refractivity contribution in [3.63, 3.8) is 0 Å². The number of aryl methyl sites for hydroxylation is 1. The van der Waals surface area contributed by atoms with Crippen molar-refractivity contribution in [2.24, 2.45) is 5.73 Å². The molecule has 1 aliphatic heterocycles. The van der Waals surface area contributed by atoms with E-state index in [1.54, 1.807) is 0 Å². The van der Waals surface area contributed by atoms with Crippen LogP contribution in [0.4, 0.5) is 5.82 Å². The standard InChI is InChI=1S/C15H19N3S/c1-10-3-6-17-15(13(10)9-16)18-7-4-14-12(11(18)2)5-8-19-14/h3,5-6,8,11H,4,7,9,16H2,1-2H3. The Labute approximate surface area is 118 Å². The highest BCUT2D eigenvalue weighted by molar-refractivity contribution is 7.10. The Kier molecular flexibility index (Phi) is 3.29. The third-order valence-corrected chi connectivity index (χ3v) is 5.02. The van der Waals surface area contributed by atoms with Crippen molar-refractivity contribution in [2.75, 3.05) is 11.4 Å². The second-order valence-electron chi connectivity index (χ2n) is 5.05. The Hall–Kier alpha value is -1.39. The third-order valence-electron chi connectivity index (χ3n) is 4.02. The van der Waals surface area contributed by atoms with Crippen LogP contribution in [0.5, 0.6) is 0 Å². The molecular formula is C15H19N3S. The molecule has 0 saturated heterocycles. The molecule has 0 fully saturated rings. The maximum Gasteiger partial charge on any atom is 0.133 e. The van der Waals surface area contributed by atoms with Gasteiger partial charge in [-0.05, 0) is 48.9 Å². The van der Waals surface area contributed by atoms with E-state index in [-0.39, 0.29) is 0 Å². The van der Waals surface area contributed by atoms with Crippen LogP contribution in [0.2, 0.25) is 0 Å². The first-order valence-electron chi connectivity index (χ1n) is 6.70. The first-order valence-corrected chi connectivity index (χ1v) is 7.57. The molecule has 4 heteroatoms. The highest BCUT2D eigenvalue weighted by Gasteiger charge is 2.27. The monoisotopic (exact) mass is 273 g/mol. The average Bonchev–Trinajstić information content (AvgIpc) is 2.88. The second kappa shape index (κ2) is 4.94. The number of rotatable bonds is 2. The van der Waals surface area contributed by atoms with Crippen molar-refractivity contribution in [3.8, 4) is 0 Å². The minimum Gasteiger partial charge on any atom is -0.349 e. The lowest BCUT2D eigenvalue weighted by Crippen LogP contribution is -2.34. The van der Waals surface area contributed by atoms with E-state index in [0.717, 1.165) is 18.8 Å². The molecule has 2 aromatic rings. The summed E-state index contributed by atoms with van der Waals surface area (Å²) in [5.41, 5.74) is 9.77. The Balaban J connectivity index is 2.02. The first kappa shape index (κ1) is 12.6. The van der Waals surface area contributed by atoms with Gasteiger partial charge in [-0.25, -0.2) is 4.98 Å². The smallest absolute Gasteiger partial charge is 0.133 e. The molecular weight excluding hydrogens is 254 g/mol. The maximum atomic E-state index is 5.91. The van der Waals surface area contributed by atoms with Crippen LogP contribution in [0.25, 0.3) is 0 Å². The van der Waals surface area contributed by atoms with Crippen molar-refractivity contribution in [3.05, 3.63) is 45.3 Å². The van der Waals surface area contributed by atoms with Gasteiger partial charge in [0.15, 0.2) is 0 Å². The number of fused-ring (bicyclic) bond motifs is 1. The van der Waals surface area contributed by atoms with Crippen LogP contribution >= 0.6 is 11.3 Å². The molecule has 1 atom stereocenters. The number of pyridine rings is 1. The largest absolute Gasteiger partial charge is 0.349 e. The normalized spacial score (nSPS) is 18.5. The zero-order chi connectivity index (χ0) is 13.4. The van der Waals surface area contributed by atoms with Crippen molar-refractivity contribution in [1.82, 2.24) is 4.98 Å². The molecule has 3 nitrogen and oxygen atoms in total. The number of hydrogen-bond acceptors (Lipinski definition) is 4. The molecule has 1 unspecified atom stereocenters. The third kappa shape index (κ3) is 2.05. The van der Waals surface area contributed by atoms with Gasteiger partial charge in [0.1, 0.15) is 5.82 Å².